The van der Waals surface area contributed by atoms with E-state index in [1.165, 1.54) is 18.2 Å². The fourth-order valence-electron chi connectivity index (χ4n) is 4.20. The van der Waals surface area contributed by atoms with Gasteiger partial charge in [-0.25, -0.2) is 18.1 Å². The van der Waals surface area contributed by atoms with E-state index < -0.39 is 15.9 Å². The first-order valence-electron chi connectivity index (χ1n) is 12.8. The summed E-state index contributed by atoms with van der Waals surface area (Å²) in [5, 5.41) is 6.94. The molecule has 0 saturated carbocycles. The molecule has 10 nitrogen and oxygen atoms in total. The number of ether oxygens (including phenoxy) is 1. The number of hydrogen-bond donors (Lipinski definition) is 3. The Bertz CT molecular complexity index is 1670. The maximum Gasteiger partial charge on any atom is 0.276 e. The monoisotopic (exact) mass is 551 g/mol. The van der Waals surface area contributed by atoms with Gasteiger partial charge in [-0.05, 0) is 54.7 Å². The maximum atomic E-state index is 13.2. The predicted molar refractivity (Wildman–Crippen MR) is 149 cm³/mol. The zero-order valence-electron chi connectivity index (χ0n) is 22.7. The minimum atomic E-state index is -4.20. The van der Waals surface area contributed by atoms with Crippen molar-refractivity contribution < 1.29 is 17.9 Å². The van der Waals surface area contributed by atoms with E-state index in [2.05, 4.69) is 45.7 Å². The highest BCUT2D eigenvalue weighted by Gasteiger charge is 2.22. The largest absolute Gasteiger partial charge is 0.494 e. The number of aromatic nitrogens is 4. The molecule has 0 aliphatic carbocycles. The molecular weight excluding hydrogens is 518 g/mol. The minimum Gasteiger partial charge on any atom is -0.494 e. The molecule has 206 valence electrons. The Morgan fingerprint density at radius 1 is 1.08 bits per heavy atom. The zero-order chi connectivity index (χ0) is 28.4. The number of nitrogens with one attached hydrogen (secondary N) is 3. The van der Waals surface area contributed by atoms with E-state index in [4.69, 9.17) is 4.74 Å². The summed E-state index contributed by atoms with van der Waals surface area (Å²) >= 11 is 0. The van der Waals surface area contributed by atoms with E-state index >= 15 is 0 Å². The molecule has 4 aromatic rings. The summed E-state index contributed by atoms with van der Waals surface area (Å²) in [6, 6.07) is 11.2. The Balaban J connectivity index is 1.64. The van der Waals surface area contributed by atoms with Crippen molar-refractivity contribution in [3.05, 3.63) is 81.0 Å². The number of sulfonamides is 1. The molecule has 0 fully saturated rings. The van der Waals surface area contributed by atoms with Gasteiger partial charge in [0.25, 0.3) is 21.5 Å². The number of carbonyl (C=O) groups is 1. The van der Waals surface area contributed by atoms with Gasteiger partial charge in [-0.1, -0.05) is 46.2 Å². The molecule has 3 N–H and O–H groups in total. The first-order valence-corrected chi connectivity index (χ1v) is 14.3. The van der Waals surface area contributed by atoms with Gasteiger partial charge < -0.3 is 9.72 Å². The number of aryl methyl sites for hydroxylation is 1. The SMILES string of the molecule is CCCc1n[nH]c2c(=O)[nH]c(Cc3cc(S(=O)(=O)NC(=O)c4ccc(C(C)(C)C)cc4)ccc3OCC)nc12. The Morgan fingerprint density at radius 2 is 1.79 bits per heavy atom. The van der Waals surface area contributed by atoms with Crippen molar-refractivity contribution in [1.82, 2.24) is 24.9 Å². The topological polar surface area (TPSA) is 147 Å². The number of aromatic amines is 2. The van der Waals surface area contributed by atoms with Gasteiger partial charge in [-0.3, -0.25) is 14.7 Å². The lowest BCUT2D eigenvalue weighted by molar-refractivity contribution is 0.0981. The molecule has 2 aromatic carbocycles. The number of amides is 1. The molecule has 0 aliphatic heterocycles. The van der Waals surface area contributed by atoms with Crippen molar-refractivity contribution in [2.75, 3.05) is 6.61 Å². The summed E-state index contributed by atoms with van der Waals surface area (Å²) in [6.45, 7) is 10.3. The van der Waals surface area contributed by atoms with E-state index in [0.717, 1.165) is 12.0 Å². The lowest BCUT2D eigenvalue weighted by atomic mass is 9.87. The number of nitrogens with zero attached hydrogens (tertiary/aromatic N) is 2. The number of fused-ring (bicyclic) bond motifs is 1. The van der Waals surface area contributed by atoms with E-state index in [0.29, 0.717) is 46.9 Å². The zero-order valence-corrected chi connectivity index (χ0v) is 23.5. The Kier molecular flexibility index (Phi) is 7.91. The smallest absolute Gasteiger partial charge is 0.276 e. The average molecular weight is 552 g/mol. The van der Waals surface area contributed by atoms with Crippen LogP contribution < -0.4 is 15.0 Å². The summed E-state index contributed by atoms with van der Waals surface area (Å²) in [5.41, 5.74) is 2.76. The van der Waals surface area contributed by atoms with Gasteiger partial charge in [0.1, 0.15) is 22.6 Å². The van der Waals surface area contributed by atoms with Crippen molar-refractivity contribution >= 4 is 27.0 Å². The van der Waals surface area contributed by atoms with E-state index in [1.807, 2.05) is 26.0 Å². The highest BCUT2D eigenvalue weighted by molar-refractivity contribution is 7.90. The quantitative estimate of drug-likeness (QED) is 0.285. The maximum absolute atomic E-state index is 13.2. The van der Waals surface area contributed by atoms with Crippen LogP contribution in [0.15, 0.2) is 52.2 Å². The van der Waals surface area contributed by atoms with Crippen molar-refractivity contribution in [2.45, 2.75) is 64.2 Å². The van der Waals surface area contributed by atoms with Crippen LogP contribution in [0.4, 0.5) is 0 Å². The lowest BCUT2D eigenvalue weighted by Crippen LogP contribution is -2.30. The van der Waals surface area contributed by atoms with Crippen LogP contribution in [-0.4, -0.2) is 41.1 Å². The number of hydrogen-bond acceptors (Lipinski definition) is 7. The molecule has 0 atom stereocenters. The molecular formula is C28H33N5O5S. The molecule has 2 aromatic heterocycles. The van der Waals surface area contributed by atoms with Gasteiger partial charge in [-0.15, -0.1) is 0 Å². The van der Waals surface area contributed by atoms with Gasteiger partial charge in [0.2, 0.25) is 0 Å². The normalized spacial score (nSPS) is 12.0. The van der Waals surface area contributed by atoms with Crippen LogP contribution in [0.3, 0.4) is 0 Å². The van der Waals surface area contributed by atoms with Gasteiger partial charge in [0.05, 0.1) is 17.2 Å². The average Bonchev–Trinajstić information content (AvgIpc) is 3.28. The van der Waals surface area contributed by atoms with E-state index in [-0.39, 0.29) is 27.9 Å². The third kappa shape index (κ3) is 6.19. The Hall–Kier alpha value is -3.99. The molecule has 0 unspecified atom stereocenters. The van der Waals surface area contributed by atoms with Crippen LogP contribution in [0.25, 0.3) is 11.0 Å². The molecule has 1 amide bonds. The molecule has 11 heteroatoms. The first-order chi connectivity index (χ1) is 18.4. The molecule has 4 rings (SSSR count). The van der Waals surface area contributed by atoms with Crippen LogP contribution in [-0.2, 0) is 28.3 Å². The van der Waals surface area contributed by atoms with Crippen molar-refractivity contribution in [2.24, 2.45) is 0 Å². The minimum absolute atomic E-state index is 0.0986. The molecule has 0 aliphatic rings. The van der Waals surface area contributed by atoms with Gasteiger partial charge in [0.15, 0.2) is 0 Å². The lowest BCUT2D eigenvalue weighted by Gasteiger charge is -2.19. The van der Waals surface area contributed by atoms with Crippen LogP contribution in [0.1, 0.15) is 74.0 Å². The number of rotatable bonds is 9. The van der Waals surface area contributed by atoms with Crippen LogP contribution in [0, 0.1) is 0 Å². The second-order valence-electron chi connectivity index (χ2n) is 10.3. The summed E-state index contributed by atoms with van der Waals surface area (Å²) in [5.74, 6) is 0.0553. The standard InChI is InChI=1S/C28H33N5O5S/c1-6-8-21-24-25(32-31-21)27(35)30-23(29-24)16-18-15-20(13-14-22(18)38-7-2)39(36,37)33-26(34)17-9-11-19(12-10-17)28(3,4)5/h9-15H,6-8,16H2,1-5H3,(H,31,32)(H,33,34)(H,29,30,35). The third-order valence-corrected chi connectivity index (χ3v) is 7.60. The van der Waals surface area contributed by atoms with Crippen molar-refractivity contribution in [1.29, 1.82) is 0 Å². The highest BCUT2D eigenvalue weighted by atomic mass is 32.2. The van der Waals surface area contributed by atoms with Crippen LogP contribution in [0.2, 0.25) is 0 Å². The first kappa shape index (κ1) is 28.0. The second-order valence-corrected chi connectivity index (χ2v) is 12.0. The number of H-pyrrole nitrogens is 2. The number of carbonyl (C=O) groups excluding carboxylic acids is 1. The van der Waals surface area contributed by atoms with E-state index in [1.54, 1.807) is 12.1 Å². The predicted octanol–water partition coefficient (Wildman–Crippen LogP) is 4.00. The summed E-state index contributed by atoms with van der Waals surface area (Å²) in [6.07, 6.45) is 1.60. The summed E-state index contributed by atoms with van der Waals surface area (Å²) in [7, 11) is -4.20. The van der Waals surface area contributed by atoms with Gasteiger partial charge in [-0.2, -0.15) is 5.10 Å². The van der Waals surface area contributed by atoms with Crippen LogP contribution >= 0.6 is 0 Å². The summed E-state index contributed by atoms with van der Waals surface area (Å²) in [4.78, 5) is 32.6. The van der Waals surface area contributed by atoms with Crippen molar-refractivity contribution in [3.8, 4) is 5.75 Å². The molecule has 39 heavy (non-hydrogen) atoms. The van der Waals surface area contributed by atoms with Crippen LogP contribution in [0.5, 0.6) is 5.75 Å². The summed E-state index contributed by atoms with van der Waals surface area (Å²) < 4.78 is 34.2. The highest BCUT2D eigenvalue weighted by Crippen LogP contribution is 2.26. The van der Waals surface area contributed by atoms with Gasteiger partial charge >= 0.3 is 0 Å². The molecule has 0 spiro atoms. The number of benzene rings is 2. The molecule has 0 bridgehead atoms. The Morgan fingerprint density at radius 3 is 2.44 bits per heavy atom. The third-order valence-electron chi connectivity index (χ3n) is 6.27. The fraction of sp³-hybridized carbons (Fsp3) is 0.357. The molecule has 2 heterocycles. The molecule has 0 radical (unpaired) electrons. The fourth-order valence-corrected chi connectivity index (χ4v) is 5.23. The van der Waals surface area contributed by atoms with E-state index in [9.17, 15) is 18.0 Å². The second kappa shape index (κ2) is 11.0. The van der Waals surface area contributed by atoms with Crippen molar-refractivity contribution in [3.63, 3.8) is 0 Å². The van der Waals surface area contributed by atoms with Gasteiger partial charge in [0, 0.05) is 17.5 Å². The molecule has 0 saturated heterocycles. The Labute approximate surface area is 227 Å².